The van der Waals surface area contributed by atoms with Gasteiger partial charge in [-0.2, -0.15) is 4.21 Å². The highest BCUT2D eigenvalue weighted by Crippen LogP contribution is 2.30. The quantitative estimate of drug-likeness (QED) is 0.0784. The Balaban J connectivity index is 1.33. The number of H-pyrrole nitrogens is 1. The molecule has 0 aliphatic carbocycles. The molecule has 0 radical (unpaired) electrons. The maximum Gasteiger partial charge on any atom is 0.316 e. The number of anilines is 2. The van der Waals surface area contributed by atoms with E-state index in [-0.39, 0.29) is 6.10 Å². The minimum atomic E-state index is -1.77. The van der Waals surface area contributed by atoms with Crippen LogP contribution in [0.4, 0.5) is 11.4 Å². The molecule has 0 spiro atoms. The monoisotopic (exact) mass is 600 g/mol. The third kappa shape index (κ3) is 9.13. The number of fused-ring (bicyclic) bond motifs is 1. The fourth-order valence-electron chi connectivity index (χ4n) is 4.69. The van der Waals surface area contributed by atoms with Crippen molar-refractivity contribution in [2.45, 2.75) is 90.6 Å². The summed E-state index contributed by atoms with van der Waals surface area (Å²) in [5, 5.41) is 12.5. The van der Waals surface area contributed by atoms with Crippen molar-refractivity contribution >= 4 is 39.9 Å². The third-order valence-corrected chi connectivity index (χ3v) is 8.19. The van der Waals surface area contributed by atoms with E-state index in [4.69, 9.17) is 26.3 Å². The lowest BCUT2D eigenvalue weighted by molar-refractivity contribution is 0.178. The molecule has 0 aliphatic rings. The Kier molecular flexibility index (Phi) is 11.7. The molecular formula is C30H41ClN6O3S. The molecule has 0 bridgehead atoms. The van der Waals surface area contributed by atoms with E-state index in [0.717, 1.165) is 25.0 Å². The standard InChI is InChI=1S/C30H41ClN6O3S/c1-3-4-5-6-7-8-9-10-11-12-13-27(29-33-34-30-28(31)22(2)35-37(29)30)39-25-20-16-24(17-21-25)36-41(38)40-26-18-14-23(32)15-19-26/h14-21,27,35-36H,3-13,32H2,1-2H3. The molecule has 9 nitrogen and oxygen atoms in total. The second kappa shape index (κ2) is 15.7. The van der Waals surface area contributed by atoms with Crippen molar-refractivity contribution in [1.82, 2.24) is 19.8 Å². The predicted molar refractivity (Wildman–Crippen MR) is 167 cm³/mol. The average molecular weight is 601 g/mol. The van der Waals surface area contributed by atoms with Gasteiger partial charge in [0.1, 0.15) is 16.5 Å². The summed E-state index contributed by atoms with van der Waals surface area (Å²) in [6.45, 7) is 4.16. The van der Waals surface area contributed by atoms with Crippen molar-refractivity contribution in [1.29, 1.82) is 0 Å². The lowest BCUT2D eigenvalue weighted by Gasteiger charge is -2.18. The number of hydrogen-bond acceptors (Lipinski definition) is 6. The Bertz CT molecular complexity index is 1370. The van der Waals surface area contributed by atoms with Crippen LogP contribution in [0.3, 0.4) is 0 Å². The number of rotatable bonds is 18. The number of aromatic nitrogens is 4. The van der Waals surface area contributed by atoms with Crippen LogP contribution in [0.15, 0.2) is 48.5 Å². The zero-order chi connectivity index (χ0) is 29.0. The van der Waals surface area contributed by atoms with Gasteiger partial charge in [-0.15, -0.1) is 10.2 Å². The molecule has 41 heavy (non-hydrogen) atoms. The molecular weight excluding hydrogens is 560 g/mol. The van der Waals surface area contributed by atoms with Gasteiger partial charge < -0.3 is 14.7 Å². The first-order valence-corrected chi connectivity index (χ1v) is 16.0. The van der Waals surface area contributed by atoms with E-state index in [0.29, 0.717) is 39.4 Å². The van der Waals surface area contributed by atoms with E-state index in [9.17, 15) is 4.21 Å². The Morgan fingerprint density at radius 1 is 0.927 bits per heavy atom. The van der Waals surface area contributed by atoms with Gasteiger partial charge in [0.2, 0.25) is 0 Å². The van der Waals surface area contributed by atoms with Crippen LogP contribution in [0, 0.1) is 6.92 Å². The Morgan fingerprint density at radius 2 is 1.54 bits per heavy atom. The van der Waals surface area contributed by atoms with Crippen molar-refractivity contribution in [3.8, 4) is 11.5 Å². The number of nitrogens with two attached hydrogens (primary N) is 1. The van der Waals surface area contributed by atoms with Crippen molar-refractivity contribution in [3.63, 3.8) is 0 Å². The van der Waals surface area contributed by atoms with Crippen LogP contribution in [0.2, 0.25) is 5.02 Å². The predicted octanol–water partition coefficient (Wildman–Crippen LogP) is 8.10. The lowest BCUT2D eigenvalue weighted by atomic mass is 10.0. The number of aryl methyl sites for hydroxylation is 1. The SMILES string of the molecule is CCCCCCCCCCCCC(Oc1ccc(NS(=O)Oc2ccc(N)cc2)cc1)c1nnc2c(Cl)c(C)[nH]n12. The summed E-state index contributed by atoms with van der Waals surface area (Å²) in [6, 6.07) is 14.0. The molecule has 222 valence electrons. The van der Waals surface area contributed by atoms with Crippen molar-refractivity contribution < 1.29 is 13.1 Å². The largest absolute Gasteiger partial charge is 0.482 e. The summed E-state index contributed by atoms with van der Waals surface area (Å²) in [7, 11) is 0. The fraction of sp³-hybridized carbons (Fsp3) is 0.467. The molecule has 0 saturated carbocycles. The van der Waals surface area contributed by atoms with Crippen LogP contribution < -0.4 is 19.4 Å². The van der Waals surface area contributed by atoms with E-state index >= 15 is 0 Å². The summed E-state index contributed by atoms with van der Waals surface area (Å²) in [4.78, 5) is 0. The van der Waals surface area contributed by atoms with E-state index in [1.165, 1.54) is 51.4 Å². The van der Waals surface area contributed by atoms with Gasteiger partial charge in [-0.05, 0) is 68.3 Å². The lowest BCUT2D eigenvalue weighted by Crippen LogP contribution is -2.13. The summed E-state index contributed by atoms with van der Waals surface area (Å²) in [5.41, 5.74) is 8.36. The molecule has 4 N–H and O–H groups in total. The van der Waals surface area contributed by atoms with E-state index < -0.39 is 11.3 Å². The van der Waals surface area contributed by atoms with Crippen LogP contribution in [0.5, 0.6) is 11.5 Å². The molecule has 4 aromatic rings. The van der Waals surface area contributed by atoms with E-state index in [1.54, 1.807) is 36.4 Å². The van der Waals surface area contributed by atoms with Crippen molar-refractivity contribution in [2.75, 3.05) is 10.5 Å². The zero-order valence-corrected chi connectivity index (χ0v) is 25.5. The highest BCUT2D eigenvalue weighted by atomic mass is 35.5. The number of hydrogen-bond donors (Lipinski definition) is 3. The van der Waals surface area contributed by atoms with Gasteiger partial charge in [0.25, 0.3) is 0 Å². The summed E-state index contributed by atoms with van der Waals surface area (Å²) in [5.74, 6) is 1.81. The highest BCUT2D eigenvalue weighted by Gasteiger charge is 2.23. The van der Waals surface area contributed by atoms with Crippen LogP contribution in [0.1, 0.15) is 95.2 Å². The highest BCUT2D eigenvalue weighted by molar-refractivity contribution is 7.81. The van der Waals surface area contributed by atoms with Gasteiger partial charge in [-0.3, -0.25) is 9.82 Å². The number of aromatic amines is 1. The van der Waals surface area contributed by atoms with Crippen molar-refractivity contribution in [3.05, 3.63) is 65.1 Å². The number of halogens is 1. The molecule has 4 rings (SSSR count). The molecule has 2 heterocycles. The van der Waals surface area contributed by atoms with Crippen LogP contribution in [-0.2, 0) is 11.3 Å². The number of benzene rings is 2. The number of ether oxygens (including phenoxy) is 1. The van der Waals surface area contributed by atoms with Gasteiger partial charge in [0.05, 0.1) is 5.69 Å². The maximum absolute atomic E-state index is 12.4. The molecule has 2 unspecified atom stereocenters. The molecule has 0 amide bonds. The molecule has 0 aliphatic heterocycles. The van der Waals surface area contributed by atoms with E-state index in [1.807, 2.05) is 23.6 Å². The van der Waals surface area contributed by atoms with Gasteiger partial charge in [0, 0.05) is 11.4 Å². The second-order valence-electron chi connectivity index (χ2n) is 10.4. The van der Waals surface area contributed by atoms with Crippen LogP contribution >= 0.6 is 11.6 Å². The number of nitrogens with zero attached hydrogens (tertiary/aromatic N) is 3. The van der Waals surface area contributed by atoms with Crippen molar-refractivity contribution in [2.24, 2.45) is 0 Å². The smallest absolute Gasteiger partial charge is 0.316 e. The Morgan fingerprint density at radius 3 is 2.20 bits per heavy atom. The van der Waals surface area contributed by atoms with Crippen LogP contribution in [-0.4, -0.2) is 24.0 Å². The average Bonchev–Trinajstić information content (AvgIpc) is 3.50. The molecule has 0 fully saturated rings. The molecule has 2 aromatic heterocycles. The third-order valence-electron chi connectivity index (χ3n) is 6.99. The molecule has 2 atom stereocenters. The van der Waals surface area contributed by atoms with Crippen LogP contribution in [0.25, 0.3) is 5.65 Å². The molecule has 0 saturated heterocycles. The second-order valence-corrected chi connectivity index (χ2v) is 11.6. The first-order chi connectivity index (χ1) is 19.9. The first-order valence-electron chi connectivity index (χ1n) is 14.5. The minimum Gasteiger partial charge on any atom is -0.482 e. The summed E-state index contributed by atoms with van der Waals surface area (Å²) >= 11 is 4.64. The Hall–Kier alpha value is -3.24. The van der Waals surface area contributed by atoms with Gasteiger partial charge in [-0.1, -0.05) is 76.3 Å². The normalized spacial score (nSPS) is 12.9. The number of unbranched alkanes of at least 4 members (excludes halogenated alkanes) is 9. The first kappa shape index (κ1) is 30.7. The fourth-order valence-corrected chi connectivity index (χ4v) is 5.51. The molecule has 11 heteroatoms. The minimum absolute atomic E-state index is 0.310. The Labute approximate surface area is 249 Å². The number of nitrogens with one attached hydrogen (secondary N) is 2. The topological polar surface area (TPSA) is 120 Å². The van der Waals surface area contributed by atoms with Gasteiger partial charge in [0.15, 0.2) is 17.6 Å². The summed E-state index contributed by atoms with van der Waals surface area (Å²) in [6.07, 6.45) is 13.1. The summed E-state index contributed by atoms with van der Waals surface area (Å²) < 4.78 is 28.9. The zero-order valence-electron chi connectivity index (χ0n) is 23.9. The maximum atomic E-state index is 12.4. The molecule has 2 aromatic carbocycles. The number of nitrogen functional groups attached to an aromatic ring is 1. The van der Waals surface area contributed by atoms with Gasteiger partial charge in [-0.25, -0.2) is 4.52 Å². The van der Waals surface area contributed by atoms with E-state index in [2.05, 4.69) is 26.9 Å². The van der Waals surface area contributed by atoms with Gasteiger partial charge >= 0.3 is 11.3 Å².